The van der Waals surface area contributed by atoms with Gasteiger partial charge in [0.05, 0.1) is 0 Å². The number of nitrogens with two attached hydrogens (primary N) is 1. The van der Waals surface area contributed by atoms with Crippen LogP contribution in [0.4, 0.5) is 0 Å². The Morgan fingerprint density at radius 2 is 1.94 bits per heavy atom. The van der Waals surface area contributed by atoms with Crippen LogP contribution in [0.1, 0.15) is 22.7 Å². The molecule has 0 bridgehead atoms. The zero-order valence-electron chi connectivity index (χ0n) is 10.8. The standard InChI is InChI=1S/C12H17N5S/c1-8-4-9(2)6-10(5-8)11(13)7-18-12-14-15-16-17(12)3/h4-6,11H,7,13H2,1-3H3. The second-order valence-corrected chi connectivity index (χ2v) is 5.41. The van der Waals surface area contributed by atoms with Gasteiger partial charge in [-0.05, 0) is 29.8 Å². The van der Waals surface area contributed by atoms with Gasteiger partial charge in [-0.25, -0.2) is 4.68 Å². The van der Waals surface area contributed by atoms with Gasteiger partial charge in [-0.2, -0.15) is 0 Å². The van der Waals surface area contributed by atoms with Gasteiger partial charge < -0.3 is 5.73 Å². The lowest BCUT2D eigenvalue weighted by Gasteiger charge is -2.12. The molecule has 96 valence electrons. The number of rotatable bonds is 4. The number of aromatic nitrogens is 4. The van der Waals surface area contributed by atoms with Crippen LogP contribution in [0.2, 0.25) is 0 Å². The number of benzene rings is 1. The van der Waals surface area contributed by atoms with Crippen LogP contribution >= 0.6 is 11.8 Å². The Labute approximate surface area is 111 Å². The SMILES string of the molecule is Cc1cc(C)cc(C(N)CSc2nnnn2C)c1. The lowest BCUT2D eigenvalue weighted by atomic mass is 10.0. The van der Waals surface area contributed by atoms with E-state index in [1.54, 1.807) is 16.4 Å². The second-order valence-electron chi connectivity index (χ2n) is 4.42. The molecule has 1 atom stereocenters. The maximum Gasteiger partial charge on any atom is 0.209 e. The monoisotopic (exact) mass is 263 g/mol. The average Bonchev–Trinajstić information content (AvgIpc) is 2.70. The van der Waals surface area contributed by atoms with E-state index in [0.29, 0.717) is 0 Å². The summed E-state index contributed by atoms with van der Waals surface area (Å²) in [4.78, 5) is 0. The van der Waals surface area contributed by atoms with Crippen LogP contribution in [-0.4, -0.2) is 26.0 Å². The summed E-state index contributed by atoms with van der Waals surface area (Å²) in [5.41, 5.74) is 9.85. The van der Waals surface area contributed by atoms with Gasteiger partial charge in [-0.3, -0.25) is 0 Å². The van der Waals surface area contributed by atoms with Crippen LogP contribution in [0.15, 0.2) is 23.4 Å². The van der Waals surface area contributed by atoms with Crippen molar-refractivity contribution < 1.29 is 0 Å². The molecule has 0 aliphatic heterocycles. The molecule has 0 saturated carbocycles. The molecule has 2 aromatic rings. The Kier molecular flexibility index (Phi) is 3.98. The third kappa shape index (κ3) is 3.08. The van der Waals surface area contributed by atoms with Gasteiger partial charge in [-0.1, -0.05) is 41.1 Å². The van der Waals surface area contributed by atoms with Gasteiger partial charge >= 0.3 is 0 Å². The Morgan fingerprint density at radius 3 is 2.50 bits per heavy atom. The van der Waals surface area contributed by atoms with Crippen molar-refractivity contribution in [3.63, 3.8) is 0 Å². The Balaban J connectivity index is 2.03. The van der Waals surface area contributed by atoms with Crippen molar-refractivity contribution in [3.05, 3.63) is 34.9 Å². The first-order valence-corrected chi connectivity index (χ1v) is 6.74. The predicted molar refractivity (Wildman–Crippen MR) is 72.4 cm³/mol. The van der Waals surface area contributed by atoms with Crippen LogP contribution < -0.4 is 5.73 Å². The molecule has 0 saturated heterocycles. The summed E-state index contributed by atoms with van der Waals surface area (Å²) in [5, 5.41) is 12.1. The summed E-state index contributed by atoms with van der Waals surface area (Å²) >= 11 is 1.57. The van der Waals surface area contributed by atoms with E-state index >= 15 is 0 Å². The molecule has 1 heterocycles. The zero-order valence-corrected chi connectivity index (χ0v) is 11.6. The molecule has 6 heteroatoms. The van der Waals surface area contributed by atoms with Gasteiger partial charge in [0.25, 0.3) is 0 Å². The van der Waals surface area contributed by atoms with Gasteiger partial charge in [-0.15, -0.1) is 5.10 Å². The lowest BCUT2D eigenvalue weighted by Crippen LogP contribution is -2.14. The average molecular weight is 263 g/mol. The van der Waals surface area contributed by atoms with E-state index in [1.165, 1.54) is 11.1 Å². The molecule has 2 N–H and O–H groups in total. The highest BCUT2D eigenvalue weighted by Gasteiger charge is 2.10. The Hall–Kier alpha value is -1.40. The highest BCUT2D eigenvalue weighted by Crippen LogP contribution is 2.22. The number of thioether (sulfide) groups is 1. The molecule has 1 aromatic heterocycles. The van der Waals surface area contributed by atoms with Crippen LogP contribution in [0.25, 0.3) is 0 Å². The predicted octanol–water partition coefficient (Wildman–Crippen LogP) is 1.62. The fourth-order valence-corrected chi connectivity index (χ4v) is 2.67. The molecule has 0 radical (unpaired) electrons. The quantitative estimate of drug-likeness (QED) is 0.849. The first-order valence-electron chi connectivity index (χ1n) is 5.75. The number of aryl methyl sites for hydroxylation is 3. The van der Waals surface area contributed by atoms with E-state index < -0.39 is 0 Å². The molecule has 5 nitrogen and oxygen atoms in total. The van der Waals surface area contributed by atoms with Crippen molar-refractivity contribution in [1.29, 1.82) is 0 Å². The molecule has 1 aromatic carbocycles. The zero-order chi connectivity index (χ0) is 13.1. The molecule has 0 spiro atoms. The number of hydrogen-bond acceptors (Lipinski definition) is 5. The van der Waals surface area contributed by atoms with E-state index in [2.05, 4.69) is 47.6 Å². The highest BCUT2D eigenvalue weighted by atomic mass is 32.2. The van der Waals surface area contributed by atoms with Crippen molar-refractivity contribution in [2.75, 3.05) is 5.75 Å². The molecule has 1 unspecified atom stereocenters. The van der Waals surface area contributed by atoms with Crippen LogP contribution in [0.3, 0.4) is 0 Å². The van der Waals surface area contributed by atoms with Crippen molar-refractivity contribution >= 4 is 11.8 Å². The maximum atomic E-state index is 6.20. The molecule has 0 aliphatic carbocycles. The summed E-state index contributed by atoms with van der Waals surface area (Å²) in [7, 11) is 1.82. The summed E-state index contributed by atoms with van der Waals surface area (Å²) in [5.74, 6) is 0.761. The van der Waals surface area contributed by atoms with Gasteiger partial charge in [0, 0.05) is 18.8 Å². The van der Waals surface area contributed by atoms with E-state index in [1.807, 2.05) is 7.05 Å². The van der Waals surface area contributed by atoms with Crippen LogP contribution in [0, 0.1) is 13.8 Å². The summed E-state index contributed by atoms with van der Waals surface area (Å²) in [6.07, 6.45) is 0. The minimum Gasteiger partial charge on any atom is -0.323 e. The number of tetrazole rings is 1. The fraction of sp³-hybridized carbons (Fsp3) is 0.417. The fourth-order valence-electron chi connectivity index (χ4n) is 1.83. The minimum atomic E-state index is -0.00898. The Bertz CT molecular complexity index is 517. The third-order valence-corrected chi connectivity index (χ3v) is 3.78. The van der Waals surface area contributed by atoms with Crippen molar-refractivity contribution in [2.24, 2.45) is 12.8 Å². The van der Waals surface area contributed by atoms with Crippen LogP contribution in [-0.2, 0) is 7.05 Å². The summed E-state index contributed by atoms with van der Waals surface area (Å²) in [6, 6.07) is 6.40. The molecule has 0 fully saturated rings. The molecule has 0 amide bonds. The second kappa shape index (κ2) is 5.49. The van der Waals surface area contributed by atoms with Crippen molar-refractivity contribution in [1.82, 2.24) is 20.2 Å². The summed E-state index contributed by atoms with van der Waals surface area (Å²) < 4.78 is 1.65. The van der Waals surface area contributed by atoms with Crippen molar-refractivity contribution in [3.8, 4) is 0 Å². The number of hydrogen-bond donors (Lipinski definition) is 1. The molecule has 2 rings (SSSR count). The number of nitrogens with zero attached hydrogens (tertiary/aromatic N) is 4. The summed E-state index contributed by atoms with van der Waals surface area (Å²) in [6.45, 7) is 4.17. The van der Waals surface area contributed by atoms with Crippen molar-refractivity contribution in [2.45, 2.75) is 25.0 Å². The van der Waals surface area contributed by atoms with Crippen LogP contribution in [0.5, 0.6) is 0 Å². The minimum absolute atomic E-state index is 0.00898. The topological polar surface area (TPSA) is 69.6 Å². The van der Waals surface area contributed by atoms with E-state index in [0.717, 1.165) is 16.5 Å². The maximum absolute atomic E-state index is 6.20. The van der Waals surface area contributed by atoms with E-state index in [9.17, 15) is 0 Å². The molecule has 18 heavy (non-hydrogen) atoms. The first kappa shape index (κ1) is 13.0. The Morgan fingerprint density at radius 1 is 1.28 bits per heavy atom. The van der Waals surface area contributed by atoms with E-state index in [-0.39, 0.29) is 6.04 Å². The van der Waals surface area contributed by atoms with Gasteiger partial charge in [0.2, 0.25) is 5.16 Å². The van der Waals surface area contributed by atoms with Gasteiger partial charge in [0.1, 0.15) is 0 Å². The largest absolute Gasteiger partial charge is 0.323 e. The lowest BCUT2D eigenvalue weighted by molar-refractivity contribution is 0.663. The molecular formula is C12H17N5S. The normalized spacial score (nSPS) is 12.7. The van der Waals surface area contributed by atoms with Gasteiger partial charge in [0.15, 0.2) is 0 Å². The third-order valence-electron chi connectivity index (χ3n) is 2.65. The van der Waals surface area contributed by atoms with E-state index in [4.69, 9.17) is 5.73 Å². The smallest absolute Gasteiger partial charge is 0.209 e. The first-order chi connectivity index (χ1) is 8.56. The highest BCUT2D eigenvalue weighted by molar-refractivity contribution is 7.99. The molecule has 0 aliphatic rings. The molecular weight excluding hydrogens is 246 g/mol.